The molecule has 4 nitrogen and oxygen atoms in total. The predicted octanol–water partition coefficient (Wildman–Crippen LogP) is 3.80. The highest BCUT2D eigenvalue weighted by Gasteiger charge is 2.35. The van der Waals surface area contributed by atoms with E-state index in [0.717, 1.165) is 17.5 Å². The molecule has 0 amide bonds. The van der Waals surface area contributed by atoms with E-state index >= 15 is 0 Å². The number of alkyl halides is 3. The summed E-state index contributed by atoms with van der Waals surface area (Å²) in [5.41, 5.74) is 0.855. The molecule has 1 aliphatic rings. The Morgan fingerprint density at radius 2 is 1.87 bits per heavy atom. The van der Waals surface area contributed by atoms with Crippen molar-refractivity contribution in [3.63, 3.8) is 0 Å². The lowest BCUT2D eigenvalue weighted by molar-refractivity contribution is -0.0885. The summed E-state index contributed by atoms with van der Waals surface area (Å²) in [6.07, 6.45) is -0.993. The molecule has 0 bridgehead atoms. The van der Waals surface area contributed by atoms with Gasteiger partial charge in [-0.2, -0.15) is 18.3 Å². The number of aryl methyl sites for hydroxylation is 2. The number of amidine groups is 1. The molecule has 7 heteroatoms. The molecule has 0 N–H and O–H groups in total. The minimum Gasteiger partial charge on any atom is -0.359 e. The smallest absolute Gasteiger partial charge is 0.359 e. The second-order valence-corrected chi connectivity index (χ2v) is 5.41. The van der Waals surface area contributed by atoms with Crippen molar-refractivity contribution in [2.75, 3.05) is 13.1 Å². The highest BCUT2D eigenvalue weighted by molar-refractivity contribution is 5.89. The molecule has 1 atom stereocenters. The van der Waals surface area contributed by atoms with E-state index in [4.69, 9.17) is 0 Å². The van der Waals surface area contributed by atoms with Gasteiger partial charge in [-0.25, -0.2) is 4.99 Å². The SMILES string of the molecule is CCN(CC)C1=NC=CC(C(F)(F)F)=CC1n1nc(C)cc1C. The van der Waals surface area contributed by atoms with Crippen LogP contribution >= 0.6 is 0 Å². The van der Waals surface area contributed by atoms with Gasteiger partial charge in [-0.3, -0.25) is 4.68 Å². The molecule has 126 valence electrons. The molecule has 1 aromatic heterocycles. The number of halogens is 3. The summed E-state index contributed by atoms with van der Waals surface area (Å²) in [5, 5.41) is 4.36. The molecule has 1 aliphatic heterocycles. The second kappa shape index (κ2) is 6.60. The average molecular weight is 326 g/mol. The van der Waals surface area contributed by atoms with Crippen LogP contribution in [0.5, 0.6) is 0 Å². The van der Waals surface area contributed by atoms with Gasteiger partial charge in [-0.1, -0.05) is 0 Å². The molecule has 2 rings (SSSR count). The summed E-state index contributed by atoms with van der Waals surface area (Å²) in [6, 6.07) is 1.16. The van der Waals surface area contributed by atoms with Gasteiger partial charge in [0.15, 0.2) is 0 Å². The van der Waals surface area contributed by atoms with Crippen molar-refractivity contribution >= 4 is 5.84 Å². The molecule has 1 aromatic rings. The normalized spacial score (nSPS) is 18.5. The molecule has 0 spiro atoms. The lowest BCUT2D eigenvalue weighted by Gasteiger charge is -2.28. The number of aliphatic imine (C=N–C) groups is 1. The Labute approximate surface area is 134 Å². The summed E-state index contributed by atoms with van der Waals surface area (Å²) in [5.74, 6) is 0.566. The zero-order valence-corrected chi connectivity index (χ0v) is 13.7. The third-order valence-electron chi connectivity index (χ3n) is 3.79. The van der Waals surface area contributed by atoms with Crippen molar-refractivity contribution < 1.29 is 13.2 Å². The van der Waals surface area contributed by atoms with E-state index in [1.807, 2.05) is 38.7 Å². The van der Waals surface area contributed by atoms with Crippen LogP contribution in [0.3, 0.4) is 0 Å². The van der Waals surface area contributed by atoms with E-state index in [9.17, 15) is 13.2 Å². The Morgan fingerprint density at radius 1 is 1.22 bits per heavy atom. The van der Waals surface area contributed by atoms with Crippen molar-refractivity contribution in [1.82, 2.24) is 14.7 Å². The zero-order valence-electron chi connectivity index (χ0n) is 13.7. The van der Waals surface area contributed by atoms with Crippen LogP contribution in [0.25, 0.3) is 0 Å². The van der Waals surface area contributed by atoms with Gasteiger partial charge < -0.3 is 4.90 Å². The van der Waals surface area contributed by atoms with E-state index in [-0.39, 0.29) is 0 Å². The maximum Gasteiger partial charge on any atom is 0.416 e. The van der Waals surface area contributed by atoms with Gasteiger partial charge in [-0.15, -0.1) is 0 Å². The van der Waals surface area contributed by atoms with Crippen molar-refractivity contribution in [2.24, 2.45) is 4.99 Å². The lowest BCUT2D eigenvalue weighted by atomic mass is 10.1. The highest BCUT2D eigenvalue weighted by Crippen LogP contribution is 2.31. The molecule has 0 aliphatic carbocycles. The summed E-state index contributed by atoms with van der Waals surface area (Å²) in [6.45, 7) is 8.88. The van der Waals surface area contributed by atoms with E-state index in [2.05, 4.69) is 10.1 Å². The standard InChI is InChI=1S/C16H21F3N4/c1-5-22(6-2)15-14(23-12(4)9-11(3)21-23)10-13(7-8-20-15)16(17,18)19/h7-10,14H,5-6H2,1-4H3. The molecule has 0 aromatic carbocycles. The number of likely N-dealkylation sites (N-methyl/N-ethyl adjacent to an activating group) is 1. The van der Waals surface area contributed by atoms with Gasteiger partial charge in [0.05, 0.1) is 11.3 Å². The van der Waals surface area contributed by atoms with Crippen LogP contribution in [0.1, 0.15) is 31.3 Å². The Balaban J connectivity index is 2.58. The van der Waals surface area contributed by atoms with Crippen LogP contribution in [0.2, 0.25) is 0 Å². The molecule has 0 saturated heterocycles. The minimum absolute atomic E-state index is 0.566. The van der Waals surface area contributed by atoms with Crippen LogP contribution in [-0.2, 0) is 0 Å². The van der Waals surface area contributed by atoms with Gasteiger partial charge in [0, 0.05) is 25.0 Å². The van der Waals surface area contributed by atoms with Crippen molar-refractivity contribution in [2.45, 2.75) is 39.9 Å². The van der Waals surface area contributed by atoms with Crippen LogP contribution in [0.4, 0.5) is 13.2 Å². The molecule has 0 fully saturated rings. The third-order valence-corrected chi connectivity index (χ3v) is 3.79. The van der Waals surface area contributed by atoms with E-state index < -0.39 is 17.8 Å². The maximum absolute atomic E-state index is 13.2. The molecule has 0 radical (unpaired) electrons. The number of nitrogens with zero attached hydrogens (tertiary/aromatic N) is 4. The van der Waals surface area contributed by atoms with Crippen molar-refractivity contribution in [3.05, 3.63) is 41.4 Å². The monoisotopic (exact) mass is 326 g/mol. The topological polar surface area (TPSA) is 33.4 Å². The van der Waals surface area contributed by atoms with Gasteiger partial charge >= 0.3 is 6.18 Å². The predicted molar refractivity (Wildman–Crippen MR) is 84.4 cm³/mol. The van der Waals surface area contributed by atoms with E-state index in [0.29, 0.717) is 18.9 Å². The molecule has 0 saturated carbocycles. The van der Waals surface area contributed by atoms with Crippen LogP contribution in [0, 0.1) is 13.8 Å². The first kappa shape index (κ1) is 17.3. The fourth-order valence-corrected chi connectivity index (χ4v) is 2.68. The number of allylic oxidation sites excluding steroid dienone is 2. The van der Waals surface area contributed by atoms with Crippen molar-refractivity contribution in [1.29, 1.82) is 0 Å². The average Bonchev–Trinajstić information content (AvgIpc) is 2.68. The van der Waals surface area contributed by atoms with Gasteiger partial charge in [0.2, 0.25) is 0 Å². The first-order chi connectivity index (χ1) is 10.8. The molecular weight excluding hydrogens is 305 g/mol. The summed E-state index contributed by atoms with van der Waals surface area (Å²) in [7, 11) is 0. The fraction of sp³-hybridized carbons (Fsp3) is 0.500. The summed E-state index contributed by atoms with van der Waals surface area (Å²) < 4.78 is 41.2. The van der Waals surface area contributed by atoms with Crippen molar-refractivity contribution in [3.8, 4) is 0 Å². The number of aromatic nitrogens is 2. The van der Waals surface area contributed by atoms with Gasteiger partial charge in [0.25, 0.3) is 0 Å². The molecule has 23 heavy (non-hydrogen) atoms. The molecule has 1 unspecified atom stereocenters. The Hall–Kier alpha value is -2.05. The van der Waals surface area contributed by atoms with Crippen LogP contribution in [0.15, 0.2) is 35.0 Å². The van der Waals surface area contributed by atoms with Crippen LogP contribution < -0.4 is 0 Å². The van der Waals surface area contributed by atoms with E-state index in [1.165, 1.54) is 12.3 Å². The Kier molecular flexibility index (Phi) is 4.97. The summed E-state index contributed by atoms with van der Waals surface area (Å²) >= 11 is 0. The Bertz CT molecular complexity index is 649. The zero-order chi connectivity index (χ0) is 17.2. The van der Waals surface area contributed by atoms with Crippen LogP contribution in [-0.4, -0.2) is 39.8 Å². The van der Waals surface area contributed by atoms with Gasteiger partial charge in [0.1, 0.15) is 11.9 Å². The maximum atomic E-state index is 13.2. The summed E-state index contributed by atoms with van der Waals surface area (Å²) in [4.78, 5) is 6.23. The highest BCUT2D eigenvalue weighted by atomic mass is 19.4. The second-order valence-electron chi connectivity index (χ2n) is 5.41. The largest absolute Gasteiger partial charge is 0.416 e. The van der Waals surface area contributed by atoms with Gasteiger partial charge in [-0.05, 0) is 45.9 Å². The van der Waals surface area contributed by atoms with E-state index in [1.54, 1.807) is 4.68 Å². The molecular formula is C16H21F3N4. The fourth-order valence-electron chi connectivity index (χ4n) is 2.68. The minimum atomic E-state index is -4.42. The number of hydrogen-bond acceptors (Lipinski definition) is 3. The quantitative estimate of drug-likeness (QED) is 0.846. The molecule has 2 heterocycles. The Morgan fingerprint density at radius 3 is 2.35 bits per heavy atom. The number of rotatable bonds is 3. The first-order valence-electron chi connectivity index (χ1n) is 7.58. The third kappa shape index (κ3) is 3.65. The first-order valence-corrected chi connectivity index (χ1v) is 7.58. The number of hydrogen-bond donors (Lipinski definition) is 0. The lowest BCUT2D eigenvalue weighted by Crippen LogP contribution is -2.37.